The van der Waals surface area contributed by atoms with E-state index in [2.05, 4.69) is 10.3 Å². The largest absolute Gasteiger partial charge is 0.444 e. The van der Waals surface area contributed by atoms with Crippen LogP contribution in [0.5, 0.6) is 0 Å². The summed E-state index contributed by atoms with van der Waals surface area (Å²) >= 11 is 1.47. The van der Waals surface area contributed by atoms with E-state index in [1.165, 1.54) is 16.9 Å². The Labute approximate surface area is 116 Å². The van der Waals surface area contributed by atoms with E-state index >= 15 is 0 Å². The van der Waals surface area contributed by atoms with Crippen LogP contribution in [0.2, 0.25) is 0 Å². The van der Waals surface area contributed by atoms with Crippen molar-refractivity contribution < 1.29 is 9.53 Å². The maximum Gasteiger partial charge on any atom is 0.407 e. The number of hydrogen-bond acceptors (Lipinski definition) is 4. The average Bonchev–Trinajstić information content (AvgIpc) is 2.90. The molecule has 1 heterocycles. The van der Waals surface area contributed by atoms with E-state index in [0.717, 1.165) is 11.3 Å². The number of nitrogens with zero attached hydrogens (tertiary/aromatic N) is 1. The third-order valence-corrected chi connectivity index (χ3v) is 3.33. The lowest BCUT2D eigenvalue weighted by atomic mass is 10.1. The van der Waals surface area contributed by atoms with Crippen molar-refractivity contribution in [2.45, 2.75) is 26.0 Å². The standard InChI is InChI=1S/C14H16N2O2S/c1-11(7-12-5-3-2-4-6-12)16-14(17)18-9-13-8-15-10-19-13/h2-6,8,10-11H,7,9H2,1H3,(H,16,17)/t11-/m1/s1. The molecular weight excluding hydrogens is 260 g/mol. The highest BCUT2D eigenvalue weighted by atomic mass is 32.1. The van der Waals surface area contributed by atoms with Crippen molar-refractivity contribution in [1.82, 2.24) is 10.3 Å². The van der Waals surface area contributed by atoms with Crippen LogP contribution < -0.4 is 5.32 Å². The molecule has 1 N–H and O–H groups in total. The van der Waals surface area contributed by atoms with E-state index in [1.807, 2.05) is 37.3 Å². The van der Waals surface area contributed by atoms with Crippen LogP contribution in [-0.2, 0) is 17.8 Å². The van der Waals surface area contributed by atoms with Gasteiger partial charge in [0.25, 0.3) is 0 Å². The van der Waals surface area contributed by atoms with Crippen LogP contribution in [-0.4, -0.2) is 17.1 Å². The second-order valence-electron chi connectivity index (χ2n) is 4.28. The minimum atomic E-state index is -0.392. The van der Waals surface area contributed by atoms with Crippen molar-refractivity contribution in [1.29, 1.82) is 0 Å². The summed E-state index contributed by atoms with van der Waals surface area (Å²) in [6.45, 7) is 2.23. The van der Waals surface area contributed by atoms with Gasteiger partial charge in [0, 0.05) is 12.2 Å². The fourth-order valence-corrected chi connectivity index (χ4v) is 2.22. The second-order valence-corrected chi connectivity index (χ2v) is 5.25. The minimum absolute atomic E-state index is 0.0383. The summed E-state index contributed by atoms with van der Waals surface area (Å²) in [4.78, 5) is 16.4. The fraction of sp³-hybridized carbons (Fsp3) is 0.286. The van der Waals surface area contributed by atoms with Gasteiger partial charge in [-0.1, -0.05) is 30.3 Å². The first kappa shape index (κ1) is 13.5. The maximum atomic E-state index is 11.6. The van der Waals surface area contributed by atoms with Crippen LogP contribution in [0.3, 0.4) is 0 Å². The van der Waals surface area contributed by atoms with Crippen LogP contribution in [0.1, 0.15) is 17.4 Å². The molecule has 0 aliphatic heterocycles. The first-order valence-electron chi connectivity index (χ1n) is 6.08. The normalized spacial score (nSPS) is 11.8. The molecule has 0 spiro atoms. The number of carbonyl (C=O) groups is 1. The molecule has 2 aromatic rings. The van der Waals surface area contributed by atoms with Crippen LogP contribution >= 0.6 is 11.3 Å². The number of alkyl carbamates (subject to hydrolysis) is 1. The zero-order valence-electron chi connectivity index (χ0n) is 10.7. The predicted molar refractivity (Wildman–Crippen MR) is 75.0 cm³/mol. The number of aromatic nitrogens is 1. The quantitative estimate of drug-likeness (QED) is 0.913. The molecule has 5 heteroatoms. The van der Waals surface area contributed by atoms with Gasteiger partial charge in [-0.2, -0.15) is 0 Å². The predicted octanol–water partition coefficient (Wildman–Crippen LogP) is 3.00. The van der Waals surface area contributed by atoms with Crippen LogP contribution in [0.4, 0.5) is 4.79 Å². The Morgan fingerprint density at radius 1 is 1.42 bits per heavy atom. The number of nitrogens with one attached hydrogen (secondary N) is 1. The summed E-state index contributed by atoms with van der Waals surface area (Å²) in [7, 11) is 0. The average molecular weight is 276 g/mol. The molecule has 0 bridgehead atoms. The summed E-state index contributed by atoms with van der Waals surface area (Å²) < 4.78 is 5.12. The molecule has 1 aromatic carbocycles. The topological polar surface area (TPSA) is 51.2 Å². The molecule has 100 valence electrons. The summed E-state index contributed by atoms with van der Waals surface area (Å²) in [5, 5.41) is 2.81. The van der Waals surface area contributed by atoms with E-state index in [0.29, 0.717) is 0 Å². The van der Waals surface area contributed by atoms with E-state index in [1.54, 1.807) is 11.7 Å². The van der Waals surface area contributed by atoms with Gasteiger partial charge < -0.3 is 10.1 Å². The third-order valence-electron chi connectivity index (χ3n) is 2.58. The van der Waals surface area contributed by atoms with Gasteiger partial charge in [0.1, 0.15) is 6.61 Å². The number of hydrogen-bond donors (Lipinski definition) is 1. The zero-order chi connectivity index (χ0) is 13.5. The molecule has 0 unspecified atom stereocenters. The van der Waals surface area contributed by atoms with Crippen molar-refractivity contribution >= 4 is 17.4 Å². The summed E-state index contributed by atoms with van der Waals surface area (Å²) in [6, 6.07) is 10.1. The Balaban J connectivity index is 1.72. The molecular formula is C14H16N2O2S. The molecule has 19 heavy (non-hydrogen) atoms. The number of amides is 1. The Morgan fingerprint density at radius 2 is 2.21 bits per heavy atom. The lowest BCUT2D eigenvalue weighted by Gasteiger charge is -2.13. The molecule has 0 aliphatic carbocycles. The third kappa shape index (κ3) is 4.71. The van der Waals surface area contributed by atoms with Gasteiger partial charge >= 0.3 is 6.09 Å². The van der Waals surface area contributed by atoms with Gasteiger partial charge in [-0.15, -0.1) is 11.3 Å². The molecule has 0 radical (unpaired) electrons. The Hall–Kier alpha value is -1.88. The molecule has 1 aromatic heterocycles. The number of ether oxygens (including phenoxy) is 1. The monoisotopic (exact) mass is 276 g/mol. The van der Waals surface area contributed by atoms with Crippen molar-refractivity contribution in [2.75, 3.05) is 0 Å². The summed E-state index contributed by atoms with van der Waals surface area (Å²) in [5.74, 6) is 0. The van der Waals surface area contributed by atoms with E-state index in [4.69, 9.17) is 4.74 Å². The minimum Gasteiger partial charge on any atom is -0.444 e. The Morgan fingerprint density at radius 3 is 2.89 bits per heavy atom. The highest BCUT2D eigenvalue weighted by molar-refractivity contribution is 7.09. The molecule has 1 atom stereocenters. The molecule has 1 amide bonds. The highest BCUT2D eigenvalue weighted by Crippen LogP contribution is 2.07. The van der Waals surface area contributed by atoms with Gasteiger partial charge in [0.05, 0.1) is 10.4 Å². The number of benzene rings is 1. The van der Waals surface area contributed by atoms with Crippen LogP contribution in [0.15, 0.2) is 42.0 Å². The smallest absolute Gasteiger partial charge is 0.407 e. The summed E-state index contributed by atoms with van der Waals surface area (Å²) in [5.41, 5.74) is 2.91. The first-order chi connectivity index (χ1) is 9.24. The van der Waals surface area contributed by atoms with E-state index < -0.39 is 6.09 Å². The Kier molecular flexibility index (Phi) is 4.92. The molecule has 0 saturated carbocycles. The maximum absolute atomic E-state index is 11.6. The van der Waals surface area contributed by atoms with Crippen molar-refractivity contribution in [3.63, 3.8) is 0 Å². The van der Waals surface area contributed by atoms with Gasteiger partial charge in [-0.3, -0.25) is 4.98 Å². The molecule has 2 rings (SSSR count). The summed E-state index contributed by atoms with van der Waals surface area (Å²) in [6.07, 6.45) is 2.10. The number of rotatable bonds is 5. The highest BCUT2D eigenvalue weighted by Gasteiger charge is 2.09. The second kappa shape index (κ2) is 6.89. The molecule has 0 aliphatic rings. The number of thiazole rings is 1. The molecule has 4 nitrogen and oxygen atoms in total. The van der Waals surface area contributed by atoms with Gasteiger partial charge in [0.2, 0.25) is 0 Å². The van der Waals surface area contributed by atoms with Gasteiger partial charge in [-0.25, -0.2) is 4.79 Å². The SMILES string of the molecule is C[C@H](Cc1ccccc1)NC(=O)OCc1cncs1. The number of carbonyl (C=O) groups excluding carboxylic acids is 1. The lowest BCUT2D eigenvalue weighted by Crippen LogP contribution is -2.34. The van der Waals surface area contributed by atoms with Crippen LogP contribution in [0, 0.1) is 0 Å². The van der Waals surface area contributed by atoms with Gasteiger partial charge in [-0.05, 0) is 18.9 Å². The molecule has 0 saturated heterocycles. The first-order valence-corrected chi connectivity index (χ1v) is 6.96. The molecule has 0 fully saturated rings. The lowest BCUT2D eigenvalue weighted by molar-refractivity contribution is 0.137. The van der Waals surface area contributed by atoms with Crippen LogP contribution in [0.25, 0.3) is 0 Å². The van der Waals surface area contributed by atoms with Gasteiger partial charge in [0.15, 0.2) is 0 Å². The van der Waals surface area contributed by atoms with Crippen molar-refractivity contribution in [3.8, 4) is 0 Å². The van der Waals surface area contributed by atoms with Crippen molar-refractivity contribution in [2.24, 2.45) is 0 Å². The Bertz CT molecular complexity index is 499. The van der Waals surface area contributed by atoms with Crippen molar-refractivity contribution in [3.05, 3.63) is 52.5 Å². The van der Waals surface area contributed by atoms with E-state index in [9.17, 15) is 4.79 Å². The zero-order valence-corrected chi connectivity index (χ0v) is 11.5. The van der Waals surface area contributed by atoms with E-state index in [-0.39, 0.29) is 12.6 Å². The fourth-order valence-electron chi connectivity index (χ4n) is 1.71.